The Hall–Kier alpha value is -1.95. The zero-order valence-electron chi connectivity index (χ0n) is 13.1. The van der Waals surface area contributed by atoms with Gasteiger partial charge in [0.2, 0.25) is 0 Å². The fourth-order valence-electron chi connectivity index (χ4n) is 4.58. The minimum atomic E-state index is -0.858. The first-order chi connectivity index (χ1) is 11.5. The van der Waals surface area contributed by atoms with E-state index >= 15 is 0 Å². The molecule has 2 aliphatic carbocycles. The SMILES string of the molecule is O=C1CC(C(=O)N[C@]23C[C@H]2COC32CCC2)Oc2ccc(F)cc21. The number of ether oxygens (including phenoxy) is 2. The van der Waals surface area contributed by atoms with Crippen LogP contribution in [0.3, 0.4) is 0 Å². The highest BCUT2D eigenvalue weighted by molar-refractivity contribution is 6.03. The van der Waals surface area contributed by atoms with E-state index in [0.29, 0.717) is 12.5 Å². The van der Waals surface area contributed by atoms with E-state index in [1.54, 1.807) is 0 Å². The number of amides is 1. The first kappa shape index (κ1) is 14.4. The fourth-order valence-corrected chi connectivity index (χ4v) is 4.58. The lowest BCUT2D eigenvalue weighted by Crippen LogP contribution is -2.60. The zero-order valence-corrected chi connectivity index (χ0v) is 13.1. The second kappa shape index (κ2) is 4.57. The Morgan fingerprint density at radius 1 is 1.33 bits per heavy atom. The zero-order chi connectivity index (χ0) is 16.5. The summed E-state index contributed by atoms with van der Waals surface area (Å²) in [5, 5.41) is 3.14. The van der Waals surface area contributed by atoms with Gasteiger partial charge >= 0.3 is 0 Å². The summed E-state index contributed by atoms with van der Waals surface area (Å²) >= 11 is 0. The Kier molecular flexibility index (Phi) is 2.74. The standard InChI is InChI=1S/C18H18FNO4/c19-11-2-3-14-12(6-11)13(21)7-15(24-14)16(22)20-18-8-10(18)9-23-17(18)4-1-5-17/h2-3,6,10,15H,1,4-5,7-9H2,(H,20,22)/t10-,15?,18+/m0/s1. The third-order valence-electron chi connectivity index (χ3n) is 6.16. The highest BCUT2D eigenvalue weighted by Gasteiger charge is 2.74. The van der Waals surface area contributed by atoms with Gasteiger partial charge in [0.1, 0.15) is 11.6 Å². The first-order valence-electron chi connectivity index (χ1n) is 8.48. The number of Topliss-reactive ketones (excluding diaryl/α,β-unsaturated/α-hetero) is 1. The van der Waals surface area contributed by atoms with Crippen molar-refractivity contribution in [2.24, 2.45) is 5.92 Å². The molecular weight excluding hydrogens is 313 g/mol. The summed E-state index contributed by atoms with van der Waals surface area (Å²) in [4.78, 5) is 24.9. The van der Waals surface area contributed by atoms with Gasteiger partial charge in [0, 0.05) is 5.92 Å². The molecule has 6 heteroatoms. The van der Waals surface area contributed by atoms with Gasteiger partial charge in [-0.05, 0) is 43.9 Å². The first-order valence-corrected chi connectivity index (χ1v) is 8.48. The normalized spacial score (nSPS) is 34.8. The van der Waals surface area contributed by atoms with E-state index in [4.69, 9.17) is 9.47 Å². The number of ketones is 1. The van der Waals surface area contributed by atoms with Crippen molar-refractivity contribution in [1.29, 1.82) is 0 Å². The van der Waals surface area contributed by atoms with Gasteiger partial charge in [-0.25, -0.2) is 4.39 Å². The molecule has 5 nitrogen and oxygen atoms in total. The Balaban J connectivity index is 1.36. The molecule has 2 heterocycles. The Labute approximate surface area is 138 Å². The number of carbonyl (C=O) groups is 2. The van der Waals surface area contributed by atoms with Crippen LogP contribution in [0, 0.1) is 11.7 Å². The van der Waals surface area contributed by atoms with Crippen molar-refractivity contribution < 1.29 is 23.5 Å². The maximum atomic E-state index is 13.3. The molecule has 24 heavy (non-hydrogen) atoms. The second-order valence-electron chi connectivity index (χ2n) is 7.39. The summed E-state index contributed by atoms with van der Waals surface area (Å²) < 4.78 is 24.9. The lowest BCUT2D eigenvalue weighted by molar-refractivity contribution is -0.136. The number of halogens is 1. The smallest absolute Gasteiger partial charge is 0.262 e. The van der Waals surface area contributed by atoms with Crippen LogP contribution in [0.2, 0.25) is 0 Å². The number of nitrogens with one attached hydrogen (secondary N) is 1. The highest BCUT2D eigenvalue weighted by atomic mass is 19.1. The molecule has 0 aromatic heterocycles. The van der Waals surface area contributed by atoms with E-state index in [9.17, 15) is 14.0 Å². The van der Waals surface area contributed by atoms with Crippen molar-refractivity contribution in [2.75, 3.05) is 6.61 Å². The van der Waals surface area contributed by atoms with Crippen LogP contribution in [0.5, 0.6) is 5.75 Å². The molecule has 0 radical (unpaired) electrons. The molecule has 4 aliphatic rings. The van der Waals surface area contributed by atoms with Crippen molar-refractivity contribution in [1.82, 2.24) is 5.32 Å². The summed E-state index contributed by atoms with van der Waals surface area (Å²) in [6, 6.07) is 3.80. The molecule has 1 saturated heterocycles. The van der Waals surface area contributed by atoms with Crippen LogP contribution < -0.4 is 10.1 Å². The molecule has 1 N–H and O–H groups in total. The molecule has 1 aromatic rings. The maximum Gasteiger partial charge on any atom is 0.262 e. The summed E-state index contributed by atoms with van der Waals surface area (Å²) in [6.45, 7) is 0.701. The molecule has 0 bridgehead atoms. The molecular formula is C18H18FNO4. The Morgan fingerprint density at radius 3 is 2.88 bits per heavy atom. The summed E-state index contributed by atoms with van der Waals surface area (Å²) in [7, 11) is 0. The van der Waals surface area contributed by atoms with E-state index in [-0.39, 0.29) is 40.6 Å². The van der Waals surface area contributed by atoms with E-state index in [1.165, 1.54) is 12.1 Å². The van der Waals surface area contributed by atoms with Crippen molar-refractivity contribution in [3.63, 3.8) is 0 Å². The summed E-state index contributed by atoms with van der Waals surface area (Å²) in [5.74, 6) is -0.358. The number of carbonyl (C=O) groups excluding carboxylic acids is 2. The molecule has 3 atom stereocenters. The van der Waals surface area contributed by atoms with E-state index in [2.05, 4.69) is 5.32 Å². The Bertz CT molecular complexity index is 759. The molecule has 5 rings (SSSR count). The lowest BCUT2D eigenvalue weighted by Gasteiger charge is -2.45. The molecule has 3 fully saturated rings. The maximum absolute atomic E-state index is 13.3. The quantitative estimate of drug-likeness (QED) is 0.900. The molecule has 2 aliphatic heterocycles. The van der Waals surface area contributed by atoms with E-state index < -0.39 is 11.9 Å². The number of fused-ring (bicyclic) bond motifs is 3. The van der Waals surface area contributed by atoms with Gasteiger partial charge in [0.25, 0.3) is 5.91 Å². The number of benzene rings is 1. The van der Waals surface area contributed by atoms with Gasteiger partial charge in [-0.3, -0.25) is 9.59 Å². The molecule has 1 aromatic carbocycles. The van der Waals surface area contributed by atoms with Gasteiger partial charge < -0.3 is 14.8 Å². The van der Waals surface area contributed by atoms with Gasteiger partial charge in [-0.1, -0.05) is 0 Å². The molecule has 126 valence electrons. The third-order valence-corrected chi connectivity index (χ3v) is 6.16. The summed E-state index contributed by atoms with van der Waals surface area (Å²) in [5.41, 5.74) is -0.258. The van der Waals surface area contributed by atoms with Gasteiger partial charge in [-0.2, -0.15) is 0 Å². The molecule has 2 saturated carbocycles. The van der Waals surface area contributed by atoms with Crippen molar-refractivity contribution >= 4 is 11.7 Å². The van der Waals surface area contributed by atoms with Gasteiger partial charge in [0.15, 0.2) is 11.9 Å². The minimum Gasteiger partial charge on any atom is -0.479 e. The third kappa shape index (κ3) is 1.77. The van der Waals surface area contributed by atoms with Gasteiger partial charge in [-0.15, -0.1) is 0 Å². The largest absolute Gasteiger partial charge is 0.479 e. The monoisotopic (exact) mass is 331 g/mol. The van der Waals surface area contributed by atoms with Crippen molar-refractivity contribution in [3.8, 4) is 5.75 Å². The summed E-state index contributed by atoms with van der Waals surface area (Å²) in [6.07, 6.45) is 3.12. The van der Waals surface area contributed by atoms with Gasteiger partial charge in [0.05, 0.1) is 29.7 Å². The average Bonchev–Trinajstić information content (AvgIpc) is 3.12. The van der Waals surface area contributed by atoms with Crippen LogP contribution in [0.1, 0.15) is 42.5 Å². The number of hydrogen-bond acceptors (Lipinski definition) is 4. The average molecular weight is 331 g/mol. The molecule has 1 unspecified atom stereocenters. The predicted molar refractivity (Wildman–Crippen MR) is 81.3 cm³/mol. The number of rotatable bonds is 2. The lowest BCUT2D eigenvalue weighted by atomic mass is 9.72. The van der Waals surface area contributed by atoms with Crippen LogP contribution >= 0.6 is 0 Å². The topological polar surface area (TPSA) is 64.6 Å². The molecule has 1 spiro atoms. The van der Waals surface area contributed by atoms with Crippen LogP contribution in [0.15, 0.2) is 18.2 Å². The predicted octanol–water partition coefficient (Wildman–Crippen LogP) is 1.99. The van der Waals surface area contributed by atoms with Crippen LogP contribution in [0.25, 0.3) is 0 Å². The van der Waals surface area contributed by atoms with Crippen LogP contribution in [-0.4, -0.2) is 35.5 Å². The highest BCUT2D eigenvalue weighted by Crippen LogP contribution is 2.64. The van der Waals surface area contributed by atoms with Crippen molar-refractivity contribution in [2.45, 2.75) is 49.3 Å². The van der Waals surface area contributed by atoms with Crippen LogP contribution in [-0.2, 0) is 9.53 Å². The number of hydrogen-bond donors (Lipinski definition) is 1. The minimum absolute atomic E-state index is 0.0586. The fraction of sp³-hybridized carbons (Fsp3) is 0.556. The van der Waals surface area contributed by atoms with E-state index in [1.807, 2.05) is 0 Å². The van der Waals surface area contributed by atoms with Crippen LogP contribution in [0.4, 0.5) is 4.39 Å². The molecule has 1 amide bonds. The van der Waals surface area contributed by atoms with Crippen molar-refractivity contribution in [3.05, 3.63) is 29.6 Å². The second-order valence-corrected chi connectivity index (χ2v) is 7.39. The Morgan fingerprint density at radius 2 is 2.17 bits per heavy atom. The van der Waals surface area contributed by atoms with E-state index in [0.717, 1.165) is 31.7 Å².